The maximum Gasteiger partial charge on any atom is 0.308 e. The summed E-state index contributed by atoms with van der Waals surface area (Å²) in [5.74, 6) is -0.145. The van der Waals surface area contributed by atoms with Gasteiger partial charge in [0.1, 0.15) is 6.26 Å². The van der Waals surface area contributed by atoms with Gasteiger partial charge in [-0.3, -0.25) is 0 Å². The normalized spacial score (nSPS) is 12.2. The molecule has 0 rings (SSSR count). The maximum atomic E-state index is 10.8. The van der Waals surface area contributed by atoms with Crippen LogP contribution in [0.4, 0.5) is 0 Å². The number of hydrogen-bond donors (Lipinski definition) is 1. The Hall–Kier alpha value is -0.550. The third-order valence-corrected chi connectivity index (χ3v) is 2.08. The average molecular weight is 180 g/mol. The van der Waals surface area contributed by atoms with Gasteiger partial charge in [-0.25, -0.2) is 0 Å². The van der Waals surface area contributed by atoms with Crippen LogP contribution >= 0.6 is 0 Å². The van der Waals surface area contributed by atoms with Gasteiger partial charge in [0.25, 0.3) is 0 Å². The molecule has 0 radical (unpaired) electrons. The molecule has 0 amide bonds. The molecule has 0 aliphatic rings. The zero-order valence-electron chi connectivity index (χ0n) is 6.36. The van der Waals surface area contributed by atoms with Gasteiger partial charge in [0.15, 0.2) is 0 Å². The Morgan fingerprint density at radius 2 is 2.18 bits per heavy atom. The summed E-state index contributed by atoms with van der Waals surface area (Å²) in [7, 11) is -3.45. The van der Waals surface area contributed by atoms with Crippen LogP contribution in [0.15, 0.2) is 12.3 Å². The van der Waals surface area contributed by atoms with Crippen molar-refractivity contribution < 1.29 is 17.7 Å². The minimum Gasteiger partial charge on any atom is -0.396 e. The summed E-state index contributed by atoms with van der Waals surface area (Å²) in [6.07, 6.45) is 2.79. The van der Waals surface area contributed by atoms with Gasteiger partial charge in [0, 0.05) is 6.61 Å². The van der Waals surface area contributed by atoms with Crippen molar-refractivity contribution in [1.82, 2.24) is 0 Å². The lowest BCUT2D eigenvalue weighted by Crippen LogP contribution is -2.08. The Kier molecular flexibility index (Phi) is 4.89. The van der Waals surface area contributed by atoms with Gasteiger partial charge in [-0.1, -0.05) is 6.08 Å². The Balaban J connectivity index is 3.82. The highest BCUT2D eigenvalue weighted by molar-refractivity contribution is 7.86. The quantitative estimate of drug-likeness (QED) is 0.486. The van der Waals surface area contributed by atoms with Gasteiger partial charge >= 0.3 is 10.1 Å². The fraction of sp³-hybridized carbons (Fsp3) is 0.667. The summed E-state index contributed by atoms with van der Waals surface area (Å²) < 4.78 is 25.9. The van der Waals surface area contributed by atoms with Crippen molar-refractivity contribution in [2.45, 2.75) is 13.3 Å². The molecule has 0 saturated carbocycles. The summed E-state index contributed by atoms with van der Waals surface area (Å²) in [4.78, 5) is 0. The lowest BCUT2D eigenvalue weighted by Gasteiger charge is -1.99. The summed E-state index contributed by atoms with van der Waals surface area (Å²) in [6, 6.07) is 0. The maximum absolute atomic E-state index is 10.8. The average Bonchev–Trinajstić information content (AvgIpc) is 1.97. The highest BCUT2D eigenvalue weighted by Gasteiger charge is 2.07. The van der Waals surface area contributed by atoms with E-state index >= 15 is 0 Å². The predicted octanol–water partition coefficient (Wildman–Crippen LogP) is 0.249. The number of aliphatic hydroxyl groups excluding tert-OH is 1. The van der Waals surface area contributed by atoms with E-state index in [2.05, 4.69) is 4.18 Å². The molecular formula is C6H12O4S. The van der Waals surface area contributed by atoms with E-state index in [1.165, 1.54) is 6.08 Å². The molecule has 0 aromatic rings. The van der Waals surface area contributed by atoms with Crippen LogP contribution in [0, 0.1) is 0 Å². The first-order chi connectivity index (χ1) is 5.12. The molecule has 5 heteroatoms. The van der Waals surface area contributed by atoms with E-state index in [0.29, 0.717) is 0 Å². The van der Waals surface area contributed by atoms with Gasteiger partial charge in [-0.05, 0) is 13.3 Å². The fourth-order valence-corrected chi connectivity index (χ4v) is 1.29. The van der Waals surface area contributed by atoms with Crippen molar-refractivity contribution in [1.29, 1.82) is 0 Å². The van der Waals surface area contributed by atoms with Crippen molar-refractivity contribution >= 4 is 10.1 Å². The second-order valence-corrected chi connectivity index (χ2v) is 3.62. The second-order valence-electron chi connectivity index (χ2n) is 1.90. The molecule has 0 spiro atoms. The second kappa shape index (κ2) is 5.15. The number of hydrogen-bond acceptors (Lipinski definition) is 4. The smallest absolute Gasteiger partial charge is 0.308 e. The van der Waals surface area contributed by atoms with E-state index in [4.69, 9.17) is 5.11 Å². The first kappa shape index (κ1) is 10.4. The van der Waals surface area contributed by atoms with Crippen LogP contribution < -0.4 is 0 Å². The minimum atomic E-state index is -3.45. The molecule has 0 heterocycles. The van der Waals surface area contributed by atoms with E-state index in [9.17, 15) is 8.42 Å². The first-order valence-electron chi connectivity index (χ1n) is 3.25. The first-order valence-corrected chi connectivity index (χ1v) is 4.83. The standard InChI is InChI=1S/C6H12O4S/c1-2-5-10-11(8,9)6-3-4-7/h2,5,7H,3-4,6H2,1H3. The lowest BCUT2D eigenvalue weighted by molar-refractivity contribution is 0.293. The Bertz CT molecular complexity index is 205. The van der Waals surface area contributed by atoms with Gasteiger partial charge in [-0.15, -0.1) is 0 Å². The van der Waals surface area contributed by atoms with E-state index in [-0.39, 0.29) is 18.8 Å². The highest BCUT2D eigenvalue weighted by Crippen LogP contribution is 1.96. The van der Waals surface area contributed by atoms with Crippen LogP contribution in [0.1, 0.15) is 13.3 Å². The Morgan fingerprint density at radius 3 is 2.64 bits per heavy atom. The minimum absolute atomic E-state index is 0.140. The van der Waals surface area contributed by atoms with E-state index < -0.39 is 10.1 Å². The topological polar surface area (TPSA) is 63.6 Å². The van der Waals surface area contributed by atoms with Crippen LogP contribution in [-0.4, -0.2) is 25.9 Å². The predicted molar refractivity (Wildman–Crippen MR) is 41.4 cm³/mol. The molecule has 0 bridgehead atoms. The van der Waals surface area contributed by atoms with Crippen molar-refractivity contribution in [2.75, 3.05) is 12.4 Å². The molecule has 0 aliphatic heterocycles. The van der Waals surface area contributed by atoms with Crippen LogP contribution in [0.3, 0.4) is 0 Å². The summed E-state index contributed by atoms with van der Waals surface area (Å²) in [6.45, 7) is 1.51. The van der Waals surface area contributed by atoms with E-state index in [0.717, 1.165) is 6.26 Å². The van der Waals surface area contributed by atoms with Gasteiger partial charge in [0.05, 0.1) is 5.75 Å². The molecule has 0 fully saturated rings. The molecule has 0 aromatic heterocycles. The summed E-state index contributed by atoms with van der Waals surface area (Å²) in [5, 5.41) is 8.32. The van der Waals surface area contributed by atoms with Gasteiger partial charge < -0.3 is 9.29 Å². The van der Waals surface area contributed by atoms with Crippen LogP contribution in [0.25, 0.3) is 0 Å². The monoisotopic (exact) mass is 180 g/mol. The molecule has 0 unspecified atom stereocenters. The number of aliphatic hydroxyl groups is 1. The lowest BCUT2D eigenvalue weighted by atomic mass is 10.5. The summed E-state index contributed by atoms with van der Waals surface area (Å²) in [5.41, 5.74) is 0. The van der Waals surface area contributed by atoms with E-state index in [1.807, 2.05) is 0 Å². The molecule has 0 atom stereocenters. The van der Waals surface area contributed by atoms with Crippen LogP contribution in [0.5, 0.6) is 0 Å². The van der Waals surface area contributed by atoms with Crippen molar-refractivity contribution in [3.63, 3.8) is 0 Å². The molecule has 0 saturated heterocycles. The molecule has 0 aromatic carbocycles. The molecule has 4 nitrogen and oxygen atoms in total. The third kappa shape index (κ3) is 5.87. The Labute approximate surface area is 66.6 Å². The number of allylic oxidation sites excluding steroid dienone is 1. The fourth-order valence-electron chi connectivity index (χ4n) is 0.430. The van der Waals surface area contributed by atoms with Crippen LogP contribution in [0.2, 0.25) is 0 Å². The largest absolute Gasteiger partial charge is 0.396 e. The summed E-state index contributed by atoms with van der Waals surface area (Å²) >= 11 is 0. The molecule has 0 aliphatic carbocycles. The molecule has 66 valence electrons. The SMILES string of the molecule is CC=COS(=O)(=O)CCCO. The zero-order chi connectivity index (χ0) is 8.74. The van der Waals surface area contributed by atoms with Gasteiger partial charge in [0.2, 0.25) is 0 Å². The van der Waals surface area contributed by atoms with Crippen LogP contribution in [-0.2, 0) is 14.3 Å². The third-order valence-electron chi connectivity index (χ3n) is 0.891. The van der Waals surface area contributed by atoms with Gasteiger partial charge in [-0.2, -0.15) is 8.42 Å². The van der Waals surface area contributed by atoms with Crippen molar-refractivity contribution in [3.05, 3.63) is 12.3 Å². The molecular weight excluding hydrogens is 168 g/mol. The van der Waals surface area contributed by atoms with Crippen molar-refractivity contribution in [3.8, 4) is 0 Å². The number of rotatable bonds is 5. The molecule has 1 N–H and O–H groups in total. The Morgan fingerprint density at radius 1 is 1.55 bits per heavy atom. The van der Waals surface area contributed by atoms with Crippen molar-refractivity contribution in [2.24, 2.45) is 0 Å². The molecule has 11 heavy (non-hydrogen) atoms. The zero-order valence-corrected chi connectivity index (χ0v) is 7.17. The van der Waals surface area contributed by atoms with E-state index in [1.54, 1.807) is 6.92 Å². The highest BCUT2D eigenvalue weighted by atomic mass is 32.2.